The minimum atomic E-state index is -0.386. The minimum Gasteiger partial charge on any atom is -0.375 e. The Balaban J connectivity index is 2.00. The van der Waals surface area contributed by atoms with Gasteiger partial charge in [-0.1, -0.05) is 18.2 Å². The summed E-state index contributed by atoms with van der Waals surface area (Å²) in [5, 5.41) is 2.84. The molecule has 0 aromatic heterocycles. The fourth-order valence-electron chi connectivity index (χ4n) is 2.29. The Bertz CT molecular complexity index is 447. The molecular formula is C14H18N2O3. The van der Waals surface area contributed by atoms with Gasteiger partial charge >= 0.3 is 0 Å². The van der Waals surface area contributed by atoms with Crippen molar-refractivity contribution in [2.45, 2.75) is 18.9 Å². The molecule has 0 bridgehead atoms. The lowest BCUT2D eigenvalue weighted by Crippen LogP contribution is -2.44. The number of carbonyl (C=O) groups excluding carboxylic acids is 2. The third-order valence-corrected chi connectivity index (χ3v) is 3.18. The number of carbonyl (C=O) groups is 2. The highest BCUT2D eigenvalue weighted by molar-refractivity contribution is 5.97. The molecule has 0 radical (unpaired) electrons. The zero-order chi connectivity index (χ0) is 13.7. The number of nitrogens with zero attached hydrogens (tertiary/aromatic N) is 1. The van der Waals surface area contributed by atoms with Crippen molar-refractivity contribution in [2.75, 3.05) is 25.6 Å². The summed E-state index contributed by atoms with van der Waals surface area (Å²) >= 11 is 0. The van der Waals surface area contributed by atoms with E-state index in [-0.39, 0.29) is 24.5 Å². The molecule has 1 aliphatic heterocycles. The van der Waals surface area contributed by atoms with Gasteiger partial charge in [0.15, 0.2) is 0 Å². The number of rotatable bonds is 4. The third-order valence-electron chi connectivity index (χ3n) is 3.18. The summed E-state index contributed by atoms with van der Waals surface area (Å²) in [5.74, 6) is -0.263. The first-order valence-electron chi connectivity index (χ1n) is 6.36. The molecule has 1 fully saturated rings. The smallest absolute Gasteiger partial charge is 0.249 e. The number of benzene rings is 1. The molecule has 5 nitrogen and oxygen atoms in total. The van der Waals surface area contributed by atoms with E-state index in [4.69, 9.17) is 4.74 Å². The van der Waals surface area contributed by atoms with Gasteiger partial charge < -0.3 is 15.0 Å². The fourth-order valence-corrected chi connectivity index (χ4v) is 2.29. The highest BCUT2D eigenvalue weighted by Gasteiger charge is 2.33. The average Bonchev–Trinajstić information content (AvgIpc) is 2.89. The van der Waals surface area contributed by atoms with Crippen LogP contribution in [0, 0.1) is 0 Å². The summed E-state index contributed by atoms with van der Waals surface area (Å²) < 4.78 is 4.84. The molecule has 19 heavy (non-hydrogen) atoms. The van der Waals surface area contributed by atoms with Crippen LogP contribution in [0.4, 0.5) is 5.69 Å². The fraction of sp³-hybridized carbons (Fsp3) is 0.429. The van der Waals surface area contributed by atoms with E-state index >= 15 is 0 Å². The lowest BCUT2D eigenvalue weighted by atomic mass is 10.2. The largest absolute Gasteiger partial charge is 0.375 e. The van der Waals surface area contributed by atoms with Gasteiger partial charge in [0.2, 0.25) is 11.8 Å². The van der Waals surface area contributed by atoms with Crippen LogP contribution < -0.4 is 5.32 Å². The van der Waals surface area contributed by atoms with Crippen LogP contribution in [0.15, 0.2) is 30.3 Å². The molecule has 1 aromatic rings. The summed E-state index contributed by atoms with van der Waals surface area (Å²) in [7, 11) is 1.48. The van der Waals surface area contributed by atoms with Gasteiger partial charge in [0, 0.05) is 19.3 Å². The van der Waals surface area contributed by atoms with E-state index in [9.17, 15) is 9.59 Å². The molecule has 1 N–H and O–H groups in total. The molecule has 1 atom stereocenters. The van der Waals surface area contributed by atoms with Gasteiger partial charge in [-0.15, -0.1) is 0 Å². The molecule has 0 spiro atoms. The predicted octanol–water partition coefficient (Wildman–Crippen LogP) is 1.26. The molecule has 102 valence electrons. The normalized spacial score (nSPS) is 18.4. The number of methoxy groups -OCH3 is 1. The SMILES string of the molecule is COCC(=O)N1CCCC1C(=O)Nc1ccccc1. The maximum absolute atomic E-state index is 12.2. The van der Waals surface area contributed by atoms with E-state index in [1.807, 2.05) is 30.3 Å². The third kappa shape index (κ3) is 3.32. The molecule has 2 amide bonds. The average molecular weight is 262 g/mol. The number of hydrogen-bond donors (Lipinski definition) is 1. The van der Waals surface area contributed by atoms with E-state index in [2.05, 4.69) is 5.32 Å². The van der Waals surface area contributed by atoms with Gasteiger partial charge in [-0.05, 0) is 25.0 Å². The Kier molecular flexibility index (Phi) is 4.52. The zero-order valence-corrected chi connectivity index (χ0v) is 11.0. The minimum absolute atomic E-state index is 0.0229. The van der Waals surface area contributed by atoms with Gasteiger partial charge in [0.25, 0.3) is 0 Å². The van der Waals surface area contributed by atoms with Crippen LogP contribution >= 0.6 is 0 Å². The second-order valence-corrected chi connectivity index (χ2v) is 4.53. The molecule has 0 saturated carbocycles. The van der Waals surface area contributed by atoms with Crippen molar-refractivity contribution in [2.24, 2.45) is 0 Å². The molecule has 0 aliphatic carbocycles. The molecule has 1 saturated heterocycles. The van der Waals surface area contributed by atoms with Crippen LogP contribution in [0.25, 0.3) is 0 Å². The lowest BCUT2D eigenvalue weighted by molar-refractivity contribution is -0.139. The second-order valence-electron chi connectivity index (χ2n) is 4.53. The van der Waals surface area contributed by atoms with Crippen molar-refractivity contribution in [1.82, 2.24) is 4.90 Å². The molecule has 1 aliphatic rings. The molecule has 5 heteroatoms. The topological polar surface area (TPSA) is 58.6 Å². The molecule has 1 heterocycles. The standard InChI is InChI=1S/C14H18N2O3/c1-19-10-13(17)16-9-5-8-12(16)14(18)15-11-6-3-2-4-7-11/h2-4,6-7,12H,5,8-10H2,1H3,(H,15,18). The Labute approximate surface area is 112 Å². The van der Waals surface area contributed by atoms with Gasteiger partial charge in [-0.25, -0.2) is 0 Å². The maximum Gasteiger partial charge on any atom is 0.249 e. The Hall–Kier alpha value is -1.88. The predicted molar refractivity (Wildman–Crippen MR) is 71.7 cm³/mol. The van der Waals surface area contributed by atoms with Gasteiger partial charge in [0.05, 0.1) is 0 Å². The number of amides is 2. The van der Waals surface area contributed by atoms with E-state index in [1.54, 1.807) is 4.90 Å². The number of para-hydroxylation sites is 1. The molecular weight excluding hydrogens is 244 g/mol. The van der Waals surface area contributed by atoms with E-state index in [1.165, 1.54) is 7.11 Å². The van der Waals surface area contributed by atoms with Crippen LogP contribution in [-0.2, 0) is 14.3 Å². The Morgan fingerprint density at radius 2 is 2.11 bits per heavy atom. The first-order chi connectivity index (χ1) is 9.22. The van der Waals surface area contributed by atoms with E-state index in [0.717, 1.165) is 12.1 Å². The van der Waals surface area contributed by atoms with E-state index in [0.29, 0.717) is 13.0 Å². The monoisotopic (exact) mass is 262 g/mol. The van der Waals surface area contributed by atoms with Gasteiger partial charge in [-0.2, -0.15) is 0 Å². The van der Waals surface area contributed by atoms with Crippen molar-refractivity contribution < 1.29 is 14.3 Å². The summed E-state index contributed by atoms with van der Waals surface area (Å²) in [4.78, 5) is 25.6. The van der Waals surface area contributed by atoms with Crippen LogP contribution in [0.3, 0.4) is 0 Å². The molecule has 1 unspecified atom stereocenters. The second kappa shape index (κ2) is 6.33. The van der Waals surface area contributed by atoms with Crippen molar-refractivity contribution in [3.63, 3.8) is 0 Å². The number of anilines is 1. The summed E-state index contributed by atoms with van der Waals surface area (Å²) in [6.45, 7) is 0.643. The summed E-state index contributed by atoms with van der Waals surface area (Å²) in [6, 6.07) is 8.88. The van der Waals surface area contributed by atoms with Crippen molar-refractivity contribution in [1.29, 1.82) is 0 Å². The number of likely N-dealkylation sites (tertiary alicyclic amines) is 1. The highest BCUT2D eigenvalue weighted by Crippen LogP contribution is 2.19. The van der Waals surface area contributed by atoms with Crippen LogP contribution in [0.5, 0.6) is 0 Å². The van der Waals surface area contributed by atoms with Gasteiger partial charge in [-0.3, -0.25) is 9.59 Å². The maximum atomic E-state index is 12.2. The molecule has 1 aromatic carbocycles. The van der Waals surface area contributed by atoms with Crippen molar-refractivity contribution in [3.05, 3.63) is 30.3 Å². The van der Waals surface area contributed by atoms with Crippen LogP contribution in [0.1, 0.15) is 12.8 Å². The highest BCUT2D eigenvalue weighted by atomic mass is 16.5. The van der Waals surface area contributed by atoms with Crippen LogP contribution in [0.2, 0.25) is 0 Å². The number of nitrogens with one attached hydrogen (secondary N) is 1. The quantitative estimate of drug-likeness (QED) is 0.888. The van der Waals surface area contributed by atoms with E-state index < -0.39 is 0 Å². The first-order valence-corrected chi connectivity index (χ1v) is 6.36. The van der Waals surface area contributed by atoms with Crippen molar-refractivity contribution >= 4 is 17.5 Å². The van der Waals surface area contributed by atoms with Gasteiger partial charge in [0.1, 0.15) is 12.6 Å². The Morgan fingerprint density at radius 3 is 2.79 bits per heavy atom. The first kappa shape index (κ1) is 13.5. The number of ether oxygens (including phenoxy) is 1. The zero-order valence-electron chi connectivity index (χ0n) is 11.0. The van der Waals surface area contributed by atoms with Crippen LogP contribution in [-0.4, -0.2) is 43.0 Å². The molecule has 2 rings (SSSR count). The summed E-state index contributed by atoms with van der Waals surface area (Å²) in [5.41, 5.74) is 0.749. The Morgan fingerprint density at radius 1 is 1.37 bits per heavy atom. The lowest BCUT2D eigenvalue weighted by Gasteiger charge is -2.23. The van der Waals surface area contributed by atoms with Crippen molar-refractivity contribution in [3.8, 4) is 0 Å². The number of hydrogen-bond acceptors (Lipinski definition) is 3. The summed E-state index contributed by atoms with van der Waals surface area (Å²) in [6.07, 6.45) is 1.55.